The number of carbonyl (C=O) groups excluding carboxylic acids is 1. The standard InChI is InChI=1S/C15H21N5O/c1-11-5-8-20(15(21)3-6-16)10-13(11)19(2)14-9-12(17)4-7-18-14/h4,7,9,11,13H,3,5,8,10H2,1-2H3,(H2,17,18)/t11-,13+/m1/s1. The number of pyridine rings is 1. The molecule has 1 aliphatic heterocycles. The summed E-state index contributed by atoms with van der Waals surface area (Å²) in [5.74, 6) is 1.16. The van der Waals surface area contributed by atoms with E-state index in [9.17, 15) is 4.79 Å². The summed E-state index contributed by atoms with van der Waals surface area (Å²) in [5.41, 5.74) is 6.48. The quantitative estimate of drug-likeness (QED) is 0.904. The first-order valence-electron chi connectivity index (χ1n) is 7.12. The molecule has 0 bridgehead atoms. The monoisotopic (exact) mass is 287 g/mol. The average molecular weight is 287 g/mol. The number of aromatic nitrogens is 1. The fourth-order valence-electron chi connectivity index (χ4n) is 2.76. The molecule has 2 heterocycles. The van der Waals surface area contributed by atoms with Gasteiger partial charge in [-0.2, -0.15) is 5.26 Å². The fraction of sp³-hybridized carbons (Fsp3) is 0.533. The maximum absolute atomic E-state index is 11.9. The van der Waals surface area contributed by atoms with Crippen LogP contribution in [0.15, 0.2) is 18.3 Å². The predicted octanol–water partition coefficient (Wildman–Crippen LogP) is 1.25. The number of nitrogens with two attached hydrogens (primary N) is 1. The zero-order chi connectivity index (χ0) is 15.4. The van der Waals surface area contributed by atoms with Gasteiger partial charge in [-0.1, -0.05) is 6.92 Å². The van der Waals surface area contributed by atoms with E-state index in [2.05, 4.69) is 16.8 Å². The zero-order valence-electron chi connectivity index (χ0n) is 12.5. The maximum atomic E-state index is 11.9. The van der Waals surface area contributed by atoms with Gasteiger partial charge in [0.15, 0.2) is 0 Å². The number of nitrogen functional groups attached to an aromatic ring is 1. The molecule has 2 rings (SSSR count). The normalized spacial score (nSPS) is 21.7. The number of amides is 1. The second-order valence-electron chi connectivity index (χ2n) is 5.57. The van der Waals surface area contributed by atoms with Crippen LogP contribution in [0.2, 0.25) is 0 Å². The molecule has 1 aromatic heterocycles. The van der Waals surface area contributed by atoms with E-state index >= 15 is 0 Å². The Labute approximate surface area is 125 Å². The highest BCUT2D eigenvalue weighted by molar-refractivity contribution is 5.78. The van der Waals surface area contributed by atoms with E-state index in [4.69, 9.17) is 11.0 Å². The van der Waals surface area contributed by atoms with Crippen molar-refractivity contribution in [3.63, 3.8) is 0 Å². The molecule has 6 nitrogen and oxygen atoms in total. The first kappa shape index (κ1) is 15.1. The molecule has 2 N–H and O–H groups in total. The molecule has 6 heteroatoms. The first-order chi connectivity index (χ1) is 10.0. The van der Waals surface area contributed by atoms with Crippen LogP contribution >= 0.6 is 0 Å². The molecule has 1 aliphatic rings. The van der Waals surface area contributed by atoms with Crippen molar-refractivity contribution in [2.45, 2.75) is 25.8 Å². The Morgan fingerprint density at radius 1 is 1.67 bits per heavy atom. The SMILES string of the molecule is C[C@@H]1CCN(C(=O)CC#N)C[C@@H]1N(C)c1cc(N)ccn1. The molecule has 0 saturated carbocycles. The molecule has 0 spiro atoms. The van der Waals surface area contributed by atoms with E-state index in [1.54, 1.807) is 17.2 Å². The lowest BCUT2D eigenvalue weighted by Crippen LogP contribution is -2.52. The molecule has 0 aliphatic carbocycles. The third-order valence-electron chi connectivity index (χ3n) is 4.13. The number of nitriles is 1. The van der Waals surface area contributed by atoms with Crippen molar-refractivity contribution in [2.24, 2.45) is 5.92 Å². The van der Waals surface area contributed by atoms with E-state index in [1.807, 2.05) is 19.2 Å². The molecule has 1 aromatic rings. The van der Waals surface area contributed by atoms with Crippen molar-refractivity contribution in [1.29, 1.82) is 5.26 Å². The van der Waals surface area contributed by atoms with Crippen LogP contribution in [0.25, 0.3) is 0 Å². The van der Waals surface area contributed by atoms with Crippen molar-refractivity contribution in [2.75, 3.05) is 30.8 Å². The molecule has 21 heavy (non-hydrogen) atoms. The molecule has 112 valence electrons. The molecule has 0 radical (unpaired) electrons. The highest BCUT2D eigenvalue weighted by atomic mass is 16.2. The van der Waals surface area contributed by atoms with Gasteiger partial charge in [0, 0.05) is 38.1 Å². The summed E-state index contributed by atoms with van der Waals surface area (Å²) in [7, 11) is 1.97. The van der Waals surface area contributed by atoms with Crippen molar-refractivity contribution >= 4 is 17.4 Å². The topological polar surface area (TPSA) is 86.2 Å². The van der Waals surface area contributed by atoms with Crippen LogP contribution in [-0.2, 0) is 4.79 Å². The number of rotatable bonds is 3. The number of likely N-dealkylation sites (N-methyl/N-ethyl adjacent to an activating group) is 1. The van der Waals surface area contributed by atoms with Gasteiger partial charge in [0.25, 0.3) is 0 Å². The lowest BCUT2D eigenvalue weighted by molar-refractivity contribution is -0.131. The van der Waals surface area contributed by atoms with E-state index in [-0.39, 0.29) is 18.4 Å². The van der Waals surface area contributed by atoms with Gasteiger partial charge >= 0.3 is 0 Å². The summed E-state index contributed by atoms with van der Waals surface area (Å²) >= 11 is 0. The minimum absolute atomic E-state index is 0.0542. The Morgan fingerprint density at radius 2 is 2.43 bits per heavy atom. The summed E-state index contributed by atoms with van der Waals surface area (Å²) in [6.45, 7) is 3.52. The van der Waals surface area contributed by atoms with Gasteiger partial charge in [-0.25, -0.2) is 4.98 Å². The molecule has 0 unspecified atom stereocenters. The van der Waals surface area contributed by atoms with Crippen LogP contribution in [0.4, 0.5) is 11.5 Å². The van der Waals surface area contributed by atoms with Crippen molar-refractivity contribution in [3.05, 3.63) is 18.3 Å². The summed E-state index contributed by atoms with van der Waals surface area (Å²) in [4.78, 5) is 20.1. The van der Waals surface area contributed by atoms with Gasteiger partial charge < -0.3 is 15.5 Å². The van der Waals surface area contributed by atoms with Crippen molar-refractivity contribution in [3.8, 4) is 6.07 Å². The van der Waals surface area contributed by atoms with Crippen LogP contribution in [0, 0.1) is 17.2 Å². The summed E-state index contributed by atoms with van der Waals surface area (Å²) in [5, 5.41) is 8.67. The lowest BCUT2D eigenvalue weighted by Gasteiger charge is -2.42. The Hall–Kier alpha value is -2.29. The highest BCUT2D eigenvalue weighted by Crippen LogP contribution is 2.25. The summed E-state index contributed by atoms with van der Waals surface area (Å²) < 4.78 is 0. The first-order valence-corrected chi connectivity index (χ1v) is 7.12. The van der Waals surface area contributed by atoms with Gasteiger partial charge in [0.05, 0.1) is 12.1 Å². The summed E-state index contributed by atoms with van der Waals surface area (Å²) in [6.07, 6.45) is 2.56. The number of nitrogens with zero attached hydrogens (tertiary/aromatic N) is 4. The van der Waals surface area contributed by atoms with Crippen LogP contribution in [-0.4, -0.2) is 42.0 Å². The molecule has 1 amide bonds. The van der Waals surface area contributed by atoms with E-state index in [1.165, 1.54) is 0 Å². The molecular weight excluding hydrogens is 266 g/mol. The van der Waals surface area contributed by atoms with Crippen molar-refractivity contribution < 1.29 is 4.79 Å². The number of anilines is 2. The van der Waals surface area contributed by atoms with E-state index in [0.29, 0.717) is 18.2 Å². The van der Waals surface area contributed by atoms with E-state index in [0.717, 1.165) is 18.8 Å². The minimum atomic E-state index is -0.0941. The number of carbonyl (C=O) groups is 1. The highest BCUT2D eigenvalue weighted by Gasteiger charge is 2.31. The van der Waals surface area contributed by atoms with Gasteiger partial charge in [-0.15, -0.1) is 0 Å². The fourth-order valence-corrected chi connectivity index (χ4v) is 2.76. The van der Waals surface area contributed by atoms with Gasteiger partial charge in [0.1, 0.15) is 12.2 Å². The average Bonchev–Trinajstić information content (AvgIpc) is 2.47. The van der Waals surface area contributed by atoms with Crippen LogP contribution in [0.1, 0.15) is 19.8 Å². The van der Waals surface area contributed by atoms with Crippen LogP contribution in [0.3, 0.4) is 0 Å². The number of piperidine rings is 1. The Balaban J connectivity index is 2.13. The molecule has 0 aromatic carbocycles. The molecule has 1 saturated heterocycles. The largest absolute Gasteiger partial charge is 0.399 e. The number of hydrogen-bond acceptors (Lipinski definition) is 5. The van der Waals surface area contributed by atoms with Crippen LogP contribution < -0.4 is 10.6 Å². The molecule has 1 fully saturated rings. The Bertz CT molecular complexity index is 553. The van der Waals surface area contributed by atoms with Gasteiger partial charge in [-0.3, -0.25) is 4.79 Å². The summed E-state index contributed by atoms with van der Waals surface area (Å²) in [6, 6.07) is 5.69. The van der Waals surface area contributed by atoms with E-state index < -0.39 is 0 Å². The zero-order valence-corrected chi connectivity index (χ0v) is 12.5. The third-order valence-corrected chi connectivity index (χ3v) is 4.13. The third kappa shape index (κ3) is 3.43. The van der Waals surface area contributed by atoms with Gasteiger partial charge in [-0.05, 0) is 18.4 Å². The Morgan fingerprint density at radius 3 is 3.10 bits per heavy atom. The second-order valence-corrected chi connectivity index (χ2v) is 5.57. The van der Waals surface area contributed by atoms with Gasteiger partial charge in [0.2, 0.25) is 5.91 Å². The number of likely N-dealkylation sites (tertiary alicyclic amines) is 1. The maximum Gasteiger partial charge on any atom is 0.236 e. The second kappa shape index (κ2) is 6.44. The smallest absolute Gasteiger partial charge is 0.236 e. The molecule has 2 atom stereocenters. The predicted molar refractivity (Wildman–Crippen MR) is 81.4 cm³/mol. The lowest BCUT2D eigenvalue weighted by atomic mass is 9.92. The molecular formula is C15H21N5O. The van der Waals surface area contributed by atoms with Crippen molar-refractivity contribution in [1.82, 2.24) is 9.88 Å². The van der Waals surface area contributed by atoms with Crippen LogP contribution in [0.5, 0.6) is 0 Å². The Kier molecular flexibility index (Phi) is 4.63. The number of hydrogen-bond donors (Lipinski definition) is 1. The minimum Gasteiger partial charge on any atom is -0.399 e.